The van der Waals surface area contributed by atoms with Crippen molar-refractivity contribution in [2.24, 2.45) is 5.41 Å². The Balaban J connectivity index is 2.11. The van der Waals surface area contributed by atoms with E-state index in [2.05, 4.69) is 24.0 Å². The largest absolute Gasteiger partial charge is 0.339 e. The Kier molecular flexibility index (Phi) is 2.60. The minimum atomic E-state index is -0.270. The molecule has 0 radical (unpaired) electrons. The van der Waals surface area contributed by atoms with E-state index in [0.717, 1.165) is 12.2 Å². The van der Waals surface area contributed by atoms with Crippen LogP contribution in [0, 0.1) is 5.41 Å². The first-order valence-electron chi connectivity index (χ1n) is 5.82. The van der Waals surface area contributed by atoms with E-state index in [0.29, 0.717) is 23.6 Å². The maximum absolute atomic E-state index is 11.5. The molecule has 2 unspecified atom stereocenters. The molecule has 1 heterocycles. The maximum Gasteiger partial charge on any atom is 0.236 e. The zero-order valence-corrected chi connectivity index (χ0v) is 10.3. The van der Waals surface area contributed by atoms with E-state index in [-0.39, 0.29) is 11.7 Å². The van der Waals surface area contributed by atoms with Crippen LogP contribution in [0.25, 0.3) is 0 Å². The van der Waals surface area contributed by atoms with Gasteiger partial charge in [0.1, 0.15) is 5.78 Å². The predicted molar refractivity (Wildman–Crippen MR) is 59.2 cm³/mol. The van der Waals surface area contributed by atoms with Crippen LogP contribution in [-0.2, 0) is 4.79 Å². The predicted octanol–water partition coefficient (Wildman–Crippen LogP) is 2.67. The van der Waals surface area contributed by atoms with Crippen molar-refractivity contribution in [1.82, 2.24) is 10.1 Å². The number of rotatable bonds is 4. The van der Waals surface area contributed by atoms with E-state index in [1.54, 1.807) is 0 Å². The van der Waals surface area contributed by atoms with Crippen molar-refractivity contribution < 1.29 is 9.32 Å². The van der Waals surface area contributed by atoms with Crippen molar-refractivity contribution in [3.63, 3.8) is 0 Å². The van der Waals surface area contributed by atoms with Crippen LogP contribution in [0.15, 0.2) is 4.52 Å². The van der Waals surface area contributed by atoms with Crippen LogP contribution in [0.2, 0.25) is 0 Å². The summed E-state index contributed by atoms with van der Waals surface area (Å²) >= 11 is 0. The molecular formula is C12H18N2O2. The summed E-state index contributed by atoms with van der Waals surface area (Å²) in [4.78, 5) is 15.8. The number of ketones is 1. The number of Topliss-reactive ketones (excluding diaryl/α,β-unsaturated/α-hetero) is 1. The van der Waals surface area contributed by atoms with Gasteiger partial charge in [0.25, 0.3) is 0 Å². The molecule has 2 rings (SSSR count). The third-order valence-electron chi connectivity index (χ3n) is 3.48. The molecule has 0 amide bonds. The van der Waals surface area contributed by atoms with Gasteiger partial charge in [0.15, 0.2) is 5.82 Å². The van der Waals surface area contributed by atoms with Crippen molar-refractivity contribution in [3.8, 4) is 0 Å². The summed E-state index contributed by atoms with van der Waals surface area (Å²) in [7, 11) is 0. The molecular weight excluding hydrogens is 204 g/mol. The third-order valence-corrected chi connectivity index (χ3v) is 3.48. The molecule has 0 aromatic carbocycles. The molecule has 0 bridgehead atoms. The van der Waals surface area contributed by atoms with Gasteiger partial charge in [0, 0.05) is 12.3 Å². The minimum Gasteiger partial charge on any atom is -0.339 e. The normalized spacial score (nSPS) is 24.1. The number of hydrogen-bond acceptors (Lipinski definition) is 4. The Morgan fingerprint density at radius 1 is 1.62 bits per heavy atom. The first kappa shape index (κ1) is 11.3. The van der Waals surface area contributed by atoms with Crippen LogP contribution < -0.4 is 0 Å². The van der Waals surface area contributed by atoms with Crippen molar-refractivity contribution >= 4 is 5.78 Å². The first-order valence-corrected chi connectivity index (χ1v) is 5.82. The molecule has 1 aliphatic rings. The van der Waals surface area contributed by atoms with Gasteiger partial charge >= 0.3 is 0 Å². The molecule has 1 fully saturated rings. The second-order valence-electron chi connectivity index (χ2n) is 5.28. The number of hydrogen-bond donors (Lipinski definition) is 0. The first-order chi connectivity index (χ1) is 7.45. The molecule has 0 aliphatic heterocycles. The topological polar surface area (TPSA) is 56.0 Å². The number of nitrogens with zero attached hydrogens (tertiary/aromatic N) is 2. The van der Waals surface area contributed by atoms with Crippen molar-refractivity contribution in [2.75, 3.05) is 0 Å². The van der Waals surface area contributed by atoms with Crippen molar-refractivity contribution in [2.45, 2.75) is 52.4 Å². The summed E-state index contributed by atoms with van der Waals surface area (Å²) in [6.45, 7) is 8.05. The van der Waals surface area contributed by atoms with E-state index in [1.165, 1.54) is 0 Å². The van der Waals surface area contributed by atoms with E-state index in [9.17, 15) is 4.79 Å². The molecule has 0 saturated heterocycles. The third kappa shape index (κ3) is 1.88. The summed E-state index contributed by atoms with van der Waals surface area (Å²) in [6.07, 6.45) is 1.61. The highest BCUT2D eigenvalue weighted by Crippen LogP contribution is 2.57. The Bertz CT molecular complexity index is 409. The number of aromatic nitrogens is 2. The Morgan fingerprint density at radius 3 is 2.75 bits per heavy atom. The second-order valence-corrected chi connectivity index (χ2v) is 5.28. The van der Waals surface area contributed by atoms with Gasteiger partial charge in [-0.15, -0.1) is 0 Å². The molecule has 16 heavy (non-hydrogen) atoms. The van der Waals surface area contributed by atoms with E-state index in [1.807, 2.05) is 13.8 Å². The molecule has 2 atom stereocenters. The van der Waals surface area contributed by atoms with Crippen molar-refractivity contribution in [3.05, 3.63) is 11.7 Å². The van der Waals surface area contributed by atoms with Crippen LogP contribution in [-0.4, -0.2) is 15.9 Å². The van der Waals surface area contributed by atoms with Crippen LogP contribution in [0.3, 0.4) is 0 Å². The summed E-state index contributed by atoms with van der Waals surface area (Å²) in [5, 5.41) is 3.97. The van der Waals surface area contributed by atoms with Crippen molar-refractivity contribution in [1.29, 1.82) is 0 Å². The lowest BCUT2D eigenvalue weighted by molar-refractivity contribution is -0.120. The highest BCUT2D eigenvalue weighted by atomic mass is 16.5. The smallest absolute Gasteiger partial charge is 0.236 e. The van der Waals surface area contributed by atoms with Crippen LogP contribution in [0.4, 0.5) is 0 Å². The highest BCUT2D eigenvalue weighted by molar-refractivity contribution is 5.83. The van der Waals surface area contributed by atoms with Crippen LogP contribution >= 0.6 is 0 Å². The van der Waals surface area contributed by atoms with Gasteiger partial charge in [-0.05, 0) is 18.8 Å². The van der Waals surface area contributed by atoms with Gasteiger partial charge in [0.05, 0.1) is 5.92 Å². The van der Waals surface area contributed by atoms with E-state index < -0.39 is 0 Å². The molecule has 4 heteroatoms. The minimum absolute atomic E-state index is 0.144. The zero-order chi connectivity index (χ0) is 11.9. The molecule has 1 aliphatic carbocycles. The molecule has 4 nitrogen and oxygen atoms in total. The van der Waals surface area contributed by atoms with E-state index >= 15 is 0 Å². The van der Waals surface area contributed by atoms with Gasteiger partial charge in [-0.3, -0.25) is 4.79 Å². The lowest BCUT2D eigenvalue weighted by Gasteiger charge is -2.01. The highest BCUT2D eigenvalue weighted by Gasteiger charge is 2.49. The summed E-state index contributed by atoms with van der Waals surface area (Å²) < 4.78 is 5.16. The van der Waals surface area contributed by atoms with Crippen LogP contribution in [0.1, 0.15) is 64.1 Å². The SMILES string of the molecule is CCC(=O)C(C)c1nc(C2CC2(C)C)no1. The molecule has 0 spiro atoms. The summed E-state index contributed by atoms with van der Waals surface area (Å²) in [6, 6.07) is 0. The maximum atomic E-state index is 11.5. The fraction of sp³-hybridized carbons (Fsp3) is 0.750. The second kappa shape index (κ2) is 3.68. The summed E-state index contributed by atoms with van der Waals surface area (Å²) in [5.41, 5.74) is 0.291. The molecule has 88 valence electrons. The zero-order valence-electron chi connectivity index (χ0n) is 10.3. The number of carbonyl (C=O) groups is 1. The van der Waals surface area contributed by atoms with Crippen LogP contribution in [0.5, 0.6) is 0 Å². The molecule has 1 saturated carbocycles. The molecule has 1 aromatic rings. The monoisotopic (exact) mass is 222 g/mol. The average molecular weight is 222 g/mol. The lowest BCUT2D eigenvalue weighted by atomic mass is 10.1. The molecule has 0 N–H and O–H groups in total. The van der Waals surface area contributed by atoms with Gasteiger partial charge in [0.2, 0.25) is 5.89 Å². The Hall–Kier alpha value is -1.19. The molecule has 1 aromatic heterocycles. The lowest BCUT2D eigenvalue weighted by Crippen LogP contribution is -2.07. The van der Waals surface area contributed by atoms with Gasteiger partial charge in [-0.2, -0.15) is 4.98 Å². The Labute approximate surface area is 95.4 Å². The number of carbonyl (C=O) groups excluding carboxylic acids is 1. The van der Waals surface area contributed by atoms with E-state index in [4.69, 9.17) is 4.52 Å². The van der Waals surface area contributed by atoms with Gasteiger partial charge < -0.3 is 4.52 Å². The standard InChI is InChI=1S/C12H18N2O2/c1-5-9(15)7(2)11-13-10(14-16-11)8-6-12(8,3)4/h7-8H,5-6H2,1-4H3. The fourth-order valence-electron chi connectivity index (χ4n) is 1.92. The average Bonchev–Trinajstić information content (AvgIpc) is 2.68. The Morgan fingerprint density at radius 2 is 2.25 bits per heavy atom. The quantitative estimate of drug-likeness (QED) is 0.785. The fourth-order valence-corrected chi connectivity index (χ4v) is 1.92. The van der Waals surface area contributed by atoms with Gasteiger partial charge in [-0.1, -0.05) is 25.9 Å². The van der Waals surface area contributed by atoms with Gasteiger partial charge in [-0.25, -0.2) is 0 Å². The summed E-state index contributed by atoms with van der Waals surface area (Å²) in [5.74, 6) is 1.49.